The lowest BCUT2D eigenvalue weighted by Gasteiger charge is -2.16. The summed E-state index contributed by atoms with van der Waals surface area (Å²) in [4.78, 5) is 4.67. The van der Waals surface area contributed by atoms with E-state index in [2.05, 4.69) is 9.71 Å². The van der Waals surface area contributed by atoms with Gasteiger partial charge < -0.3 is 5.73 Å². The maximum atomic E-state index is 13.2. The molecule has 0 amide bonds. The Kier molecular flexibility index (Phi) is 3.54. The second-order valence-corrected chi connectivity index (χ2v) is 9.07. The van der Waals surface area contributed by atoms with Gasteiger partial charge in [0.1, 0.15) is 0 Å². The summed E-state index contributed by atoms with van der Waals surface area (Å²) in [5, 5.41) is 1.43. The van der Waals surface area contributed by atoms with Crippen molar-refractivity contribution >= 4 is 20.8 Å². The molecule has 6 heteroatoms. The maximum Gasteiger partial charge on any atom is 0.241 e. The number of benzene rings is 1. The summed E-state index contributed by atoms with van der Waals surface area (Å²) in [5.41, 5.74) is 9.01. The fourth-order valence-electron chi connectivity index (χ4n) is 3.52. The first kappa shape index (κ1) is 14.6. The van der Waals surface area contributed by atoms with Crippen molar-refractivity contribution in [1.29, 1.82) is 0 Å². The molecule has 2 aromatic rings. The van der Waals surface area contributed by atoms with Gasteiger partial charge in [-0.3, -0.25) is 4.98 Å². The Morgan fingerprint density at radius 3 is 2.76 bits per heavy atom. The van der Waals surface area contributed by atoms with Crippen molar-refractivity contribution in [2.24, 2.45) is 11.7 Å². The van der Waals surface area contributed by atoms with Crippen LogP contribution in [-0.2, 0) is 16.4 Å². The maximum absolute atomic E-state index is 13.2. The molecule has 1 atom stereocenters. The minimum absolute atomic E-state index is 0.0995. The van der Waals surface area contributed by atoms with E-state index in [1.54, 1.807) is 26.1 Å². The van der Waals surface area contributed by atoms with Crippen LogP contribution in [0, 0.1) is 5.92 Å². The molecule has 1 aromatic carbocycles. The molecule has 134 valence electrons. The lowest BCUT2D eigenvalue weighted by Crippen LogP contribution is -2.28. The molecule has 0 aliphatic heterocycles. The van der Waals surface area contributed by atoms with Crippen LogP contribution in [0.25, 0.3) is 10.8 Å². The number of pyridine rings is 1. The number of hydrogen-bond acceptors (Lipinski definition) is 4. The predicted molar refractivity (Wildman–Crippen MR) is 99.0 cm³/mol. The number of nitrogens with zero attached hydrogens (tertiary/aromatic N) is 1. The van der Waals surface area contributed by atoms with E-state index in [9.17, 15) is 8.42 Å². The smallest absolute Gasteiger partial charge is 0.241 e. The summed E-state index contributed by atoms with van der Waals surface area (Å²) in [6.07, 6.45) is 5.50. The Balaban J connectivity index is 1.93. The molecular formula is C19H25N3O2S. The zero-order valence-electron chi connectivity index (χ0n) is 16.5. The lowest BCUT2D eigenvalue weighted by atomic mass is 10.0. The van der Waals surface area contributed by atoms with Gasteiger partial charge in [-0.15, -0.1) is 0 Å². The van der Waals surface area contributed by atoms with Crippen LogP contribution in [0.5, 0.6) is 0 Å². The van der Waals surface area contributed by atoms with Gasteiger partial charge in [-0.25, -0.2) is 13.1 Å². The van der Waals surface area contributed by atoms with E-state index in [0.29, 0.717) is 11.3 Å². The van der Waals surface area contributed by atoms with Gasteiger partial charge in [0.25, 0.3) is 0 Å². The summed E-state index contributed by atoms with van der Waals surface area (Å²) in [6.45, 7) is 1.25. The minimum atomic E-state index is -4.06. The lowest BCUT2D eigenvalue weighted by molar-refractivity contribution is 0.560. The Labute approximate surface area is 151 Å². The number of hydrogen-bond donors (Lipinski definition) is 2. The Morgan fingerprint density at radius 2 is 2.08 bits per heavy atom. The molecule has 0 bridgehead atoms. The normalized spacial score (nSPS) is 22.2. The fourth-order valence-corrected chi connectivity index (χ4v) is 4.76. The van der Waals surface area contributed by atoms with E-state index in [-0.39, 0.29) is 10.9 Å². The number of aromatic nitrogens is 1. The second-order valence-electron chi connectivity index (χ2n) is 7.42. The molecular weight excluding hydrogens is 334 g/mol. The van der Waals surface area contributed by atoms with Crippen molar-refractivity contribution in [1.82, 2.24) is 9.71 Å². The van der Waals surface area contributed by atoms with Gasteiger partial charge in [0.15, 0.2) is 0 Å². The summed E-state index contributed by atoms with van der Waals surface area (Å²) in [6, 6.07) is 3.31. The number of nitrogens with one attached hydrogen (secondary N) is 1. The van der Waals surface area contributed by atoms with Crippen molar-refractivity contribution in [2.45, 2.75) is 56.4 Å². The quantitative estimate of drug-likeness (QED) is 0.857. The van der Waals surface area contributed by atoms with Gasteiger partial charge in [-0.05, 0) is 54.9 Å². The monoisotopic (exact) mass is 361 g/mol. The third-order valence-electron chi connectivity index (χ3n) is 5.02. The zero-order valence-corrected chi connectivity index (χ0v) is 15.4. The molecule has 0 spiro atoms. The number of fused-ring (bicyclic) bond motifs is 3. The third kappa shape index (κ3) is 3.07. The van der Waals surface area contributed by atoms with Gasteiger partial charge >= 0.3 is 0 Å². The highest BCUT2D eigenvalue weighted by molar-refractivity contribution is 7.89. The molecule has 2 aliphatic carbocycles. The molecule has 1 saturated carbocycles. The van der Waals surface area contributed by atoms with Crippen LogP contribution in [-0.4, -0.2) is 19.9 Å². The highest BCUT2D eigenvalue weighted by atomic mass is 32.2. The van der Waals surface area contributed by atoms with Crippen molar-refractivity contribution in [3.8, 4) is 0 Å². The zero-order chi connectivity index (χ0) is 19.6. The van der Waals surface area contributed by atoms with Crippen LogP contribution in [0.15, 0.2) is 23.2 Å². The molecule has 1 fully saturated rings. The highest BCUT2D eigenvalue weighted by Crippen LogP contribution is 2.42. The van der Waals surface area contributed by atoms with E-state index in [1.165, 1.54) is 0 Å². The van der Waals surface area contributed by atoms with Crippen LogP contribution in [0.2, 0.25) is 0 Å². The van der Waals surface area contributed by atoms with Gasteiger partial charge in [0.2, 0.25) is 10.0 Å². The predicted octanol–water partition coefficient (Wildman–Crippen LogP) is 2.99. The SMILES string of the molecule is [2H]C([2H])(NS(=O)(=O)c1cc2c(c3cnc(C4CC4)cc13)CCC2N)C(C)C. The average molecular weight is 362 g/mol. The van der Waals surface area contributed by atoms with E-state index in [4.69, 9.17) is 8.48 Å². The first-order valence-corrected chi connectivity index (χ1v) is 10.3. The third-order valence-corrected chi connectivity index (χ3v) is 6.33. The first-order chi connectivity index (χ1) is 12.6. The molecule has 1 unspecified atom stereocenters. The Morgan fingerprint density at radius 1 is 1.32 bits per heavy atom. The topological polar surface area (TPSA) is 85.1 Å². The summed E-state index contributed by atoms with van der Waals surface area (Å²) >= 11 is 0. The largest absolute Gasteiger partial charge is 0.324 e. The molecule has 1 heterocycles. The molecule has 5 nitrogen and oxygen atoms in total. The highest BCUT2D eigenvalue weighted by Gasteiger charge is 2.30. The molecule has 0 radical (unpaired) electrons. The van der Waals surface area contributed by atoms with Gasteiger partial charge in [-0.1, -0.05) is 13.8 Å². The van der Waals surface area contributed by atoms with Gasteiger partial charge in [-0.2, -0.15) is 0 Å². The summed E-state index contributed by atoms with van der Waals surface area (Å²) < 4.78 is 44.7. The molecule has 4 rings (SSSR count). The number of sulfonamides is 1. The fraction of sp³-hybridized carbons (Fsp3) is 0.526. The number of rotatable bonds is 5. The summed E-state index contributed by atoms with van der Waals surface area (Å²) in [7, 11) is -4.06. The van der Waals surface area contributed by atoms with E-state index >= 15 is 0 Å². The molecule has 1 aromatic heterocycles. The van der Waals surface area contributed by atoms with Crippen LogP contribution >= 0.6 is 0 Å². The number of aryl methyl sites for hydroxylation is 1. The molecule has 3 N–H and O–H groups in total. The van der Waals surface area contributed by atoms with E-state index in [1.807, 2.05) is 6.07 Å². The van der Waals surface area contributed by atoms with Crippen molar-refractivity contribution in [3.63, 3.8) is 0 Å². The standard InChI is InChI=1S/C19H25N3O2S/c1-11(2)9-22-25(23,24)19-8-14-13(5-6-17(14)20)16-10-21-18(7-15(16)19)12-3-4-12/h7-8,10-12,17,22H,3-6,9,20H2,1-2H3/i9D2. The van der Waals surface area contributed by atoms with Crippen LogP contribution in [0.1, 0.15) is 64.6 Å². The minimum Gasteiger partial charge on any atom is -0.324 e. The Hall–Kier alpha value is -1.50. The number of nitrogens with two attached hydrogens (primary N) is 1. The second kappa shape index (κ2) is 6.04. The van der Waals surface area contributed by atoms with Crippen LogP contribution < -0.4 is 10.5 Å². The average Bonchev–Trinajstić information content (AvgIpc) is 3.36. The van der Waals surface area contributed by atoms with Gasteiger partial charge in [0, 0.05) is 43.9 Å². The first-order valence-electron chi connectivity index (χ1n) is 9.85. The van der Waals surface area contributed by atoms with E-state index in [0.717, 1.165) is 47.9 Å². The Bertz CT molecular complexity index is 1020. The van der Waals surface area contributed by atoms with Crippen LogP contribution in [0.4, 0.5) is 0 Å². The van der Waals surface area contributed by atoms with Crippen molar-refractivity contribution in [3.05, 3.63) is 35.2 Å². The molecule has 25 heavy (non-hydrogen) atoms. The van der Waals surface area contributed by atoms with E-state index < -0.39 is 22.4 Å². The van der Waals surface area contributed by atoms with Gasteiger partial charge in [0.05, 0.1) is 4.90 Å². The molecule has 2 aliphatic rings. The van der Waals surface area contributed by atoms with Crippen molar-refractivity contribution < 1.29 is 11.2 Å². The summed E-state index contributed by atoms with van der Waals surface area (Å²) in [5.74, 6) is -0.102. The van der Waals surface area contributed by atoms with Crippen LogP contribution in [0.3, 0.4) is 0 Å². The van der Waals surface area contributed by atoms with Crippen molar-refractivity contribution in [2.75, 3.05) is 6.50 Å². The molecule has 0 saturated heterocycles.